The molecule has 0 bridgehead atoms. The van der Waals surface area contributed by atoms with Gasteiger partial charge in [0, 0.05) is 24.9 Å². The van der Waals surface area contributed by atoms with Crippen LogP contribution in [0.2, 0.25) is 0 Å². The average molecular weight is 284 g/mol. The van der Waals surface area contributed by atoms with Crippen LogP contribution in [0.3, 0.4) is 0 Å². The van der Waals surface area contributed by atoms with E-state index in [0.717, 1.165) is 6.54 Å². The Morgan fingerprint density at radius 2 is 2.05 bits per heavy atom. The molecule has 0 aliphatic carbocycles. The van der Waals surface area contributed by atoms with Gasteiger partial charge in [-0.3, -0.25) is 0 Å². The Morgan fingerprint density at radius 3 is 2.67 bits per heavy atom. The van der Waals surface area contributed by atoms with Crippen molar-refractivity contribution < 1.29 is 0 Å². The summed E-state index contributed by atoms with van der Waals surface area (Å²) >= 11 is 0. The lowest BCUT2D eigenvalue weighted by Crippen LogP contribution is -2.12. The molecule has 0 amide bonds. The molecule has 2 aromatic rings. The number of benzene rings is 1. The minimum atomic E-state index is 0.577. The standard InChI is InChI=1S/C19H28N2/c1-5-6-9-17(13-21-12-11-20-14-21)18-10-7-8-16(4)19(18)15(2)3/h7-8,10-12,14-15,17H,5-6,9,13H2,1-4H3. The second-order valence-corrected chi connectivity index (χ2v) is 6.33. The van der Waals surface area contributed by atoms with Crippen LogP contribution in [0.1, 0.15) is 68.6 Å². The number of aryl methyl sites for hydroxylation is 1. The van der Waals surface area contributed by atoms with E-state index < -0.39 is 0 Å². The minimum Gasteiger partial charge on any atom is -0.337 e. The second-order valence-electron chi connectivity index (χ2n) is 6.33. The van der Waals surface area contributed by atoms with Crippen molar-refractivity contribution in [1.82, 2.24) is 9.55 Å². The molecule has 114 valence electrons. The number of imidazole rings is 1. The first kappa shape index (κ1) is 15.8. The monoisotopic (exact) mass is 284 g/mol. The van der Waals surface area contributed by atoms with E-state index in [9.17, 15) is 0 Å². The quantitative estimate of drug-likeness (QED) is 0.675. The first-order valence-corrected chi connectivity index (χ1v) is 8.18. The van der Waals surface area contributed by atoms with Gasteiger partial charge in [0.05, 0.1) is 6.33 Å². The van der Waals surface area contributed by atoms with Gasteiger partial charge in [-0.05, 0) is 36.0 Å². The summed E-state index contributed by atoms with van der Waals surface area (Å²) in [5.74, 6) is 1.16. The minimum absolute atomic E-state index is 0.577. The third-order valence-electron chi connectivity index (χ3n) is 4.27. The first-order chi connectivity index (χ1) is 10.1. The molecular formula is C19H28N2. The largest absolute Gasteiger partial charge is 0.337 e. The Balaban J connectivity index is 2.33. The zero-order valence-corrected chi connectivity index (χ0v) is 13.8. The summed E-state index contributed by atoms with van der Waals surface area (Å²) in [4.78, 5) is 4.19. The predicted octanol–water partition coefficient (Wildman–Crippen LogP) is 5.29. The Hall–Kier alpha value is -1.57. The highest BCUT2D eigenvalue weighted by atomic mass is 15.0. The van der Waals surface area contributed by atoms with Crippen LogP contribution in [0.25, 0.3) is 0 Å². The van der Waals surface area contributed by atoms with Gasteiger partial charge in [-0.2, -0.15) is 0 Å². The van der Waals surface area contributed by atoms with Crippen LogP contribution in [0.15, 0.2) is 36.9 Å². The molecule has 0 fully saturated rings. The van der Waals surface area contributed by atoms with Gasteiger partial charge < -0.3 is 4.57 Å². The van der Waals surface area contributed by atoms with Crippen molar-refractivity contribution in [2.45, 2.75) is 65.3 Å². The smallest absolute Gasteiger partial charge is 0.0946 e. The average Bonchev–Trinajstić information content (AvgIpc) is 2.95. The van der Waals surface area contributed by atoms with Gasteiger partial charge >= 0.3 is 0 Å². The number of nitrogens with zero attached hydrogens (tertiary/aromatic N) is 2. The van der Waals surface area contributed by atoms with E-state index in [2.05, 4.69) is 61.6 Å². The summed E-state index contributed by atoms with van der Waals surface area (Å²) in [6.45, 7) is 10.2. The van der Waals surface area contributed by atoms with E-state index in [0.29, 0.717) is 11.8 Å². The summed E-state index contributed by atoms with van der Waals surface area (Å²) in [5.41, 5.74) is 4.50. The summed E-state index contributed by atoms with van der Waals surface area (Å²) in [6.07, 6.45) is 9.66. The van der Waals surface area contributed by atoms with Crippen LogP contribution in [0.5, 0.6) is 0 Å². The van der Waals surface area contributed by atoms with Gasteiger partial charge in [-0.15, -0.1) is 0 Å². The highest BCUT2D eigenvalue weighted by Gasteiger charge is 2.18. The number of unbranched alkanes of at least 4 members (excludes halogenated alkanes) is 1. The third-order valence-corrected chi connectivity index (χ3v) is 4.27. The molecule has 1 heterocycles. The van der Waals surface area contributed by atoms with Gasteiger partial charge in [0.1, 0.15) is 0 Å². The van der Waals surface area contributed by atoms with Crippen molar-refractivity contribution in [2.75, 3.05) is 0 Å². The Bertz CT molecular complexity index is 541. The van der Waals surface area contributed by atoms with Crippen molar-refractivity contribution >= 4 is 0 Å². The third kappa shape index (κ3) is 3.96. The van der Waals surface area contributed by atoms with Crippen LogP contribution in [-0.4, -0.2) is 9.55 Å². The van der Waals surface area contributed by atoms with E-state index in [1.807, 2.05) is 12.5 Å². The van der Waals surface area contributed by atoms with E-state index in [1.165, 1.54) is 30.4 Å². The van der Waals surface area contributed by atoms with Crippen LogP contribution < -0.4 is 0 Å². The van der Waals surface area contributed by atoms with Gasteiger partial charge in [0.15, 0.2) is 0 Å². The maximum Gasteiger partial charge on any atom is 0.0946 e. The van der Waals surface area contributed by atoms with E-state index in [1.54, 1.807) is 5.56 Å². The second kappa shape index (κ2) is 7.44. The molecule has 0 aliphatic heterocycles. The van der Waals surface area contributed by atoms with E-state index >= 15 is 0 Å². The van der Waals surface area contributed by atoms with E-state index in [-0.39, 0.29) is 0 Å². The van der Waals surface area contributed by atoms with Crippen LogP contribution in [-0.2, 0) is 6.54 Å². The molecule has 0 saturated carbocycles. The molecule has 2 nitrogen and oxygen atoms in total. The van der Waals surface area contributed by atoms with Crippen molar-refractivity contribution in [1.29, 1.82) is 0 Å². The molecule has 0 saturated heterocycles. The topological polar surface area (TPSA) is 17.8 Å². The summed E-state index contributed by atoms with van der Waals surface area (Å²) in [7, 11) is 0. The lowest BCUT2D eigenvalue weighted by atomic mass is 9.83. The van der Waals surface area contributed by atoms with Crippen molar-refractivity contribution in [3.63, 3.8) is 0 Å². The number of hydrogen-bond acceptors (Lipinski definition) is 1. The van der Waals surface area contributed by atoms with E-state index in [4.69, 9.17) is 0 Å². The van der Waals surface area contributed by atoms with Crippen molar-refractivity contribution in [3.8, 4) is 0 Å². The van der Waals surface area contributed by atoms with Gasteiger partial charge in [-0.25, -0.2) is 4.98 Å². The lowest BCUT2D eigenvalue weighted by molar-refractivity contribution is 0.499. The molecule has 1 aromatic heterocycles. The molecule has 1 aromatic carbocycles. The molecule has 0 spiro atoms. The normalized spacial score (nSPS) is 12.8. The summed E-state index contributed by atoms with van der Waals surface area (Å²) < 4.78 is 2.22. The zero-order valence-electron chi connectivity index (χ0n) is 13.8. The molecule has 0 N–H and O–H groups in total. The molecule has 21 heavy (non-hydrogen) atoms. The highest BCUT2D eigenvalue weighted by molar-refractivity contribution is 5.39. The van der Waals surface area contributed by atoms with Gasteiger partial charge in [0.2, 0.25) is 0 Å². The summed E-state index contributed by atoms with van der Waals surface area (Å²) in [6, 6.07) is 6.79. The van der Waals surface area contributed by atoms with Gasteiger partial charge in [-0.1, -0.05) is 51.8 Å². The van der Waals surface area contributed by atoms with Crippen LogP contribution >= 0.6 is 0 Å². The molecule has 2 heteroatoms. The lowest BCUT2D eigenvalue weighted by Gasteiger charge is -2.24. The fourth-order valence-corrected chi connectivity index (χ4v) is 3.29. The molecule has 0 aliphatic rings. The van der Waals surface area contributed by atoms with Crippen LogP contribution in [0, 0.1) is 6.92 Å². The Kier molecular flexibility index (Phi) is 5.60. The Morgan fingerprint density at radius 1 is 1.24 bits per heavy atom. The summed E-state index contributed by atoms with van der Waals surface area (Å²) in [5, 5.41) is 0. The Labute approximate surface area is 129 Å². The zero-order chi connectivity index (χ0) is 15.2. The number of aromatic nitrogens is 2. The highest BCUT2D eigenvalue weighted by Crippen LogP contribution is 2.33. The van der Waals surface area contributed by atoms with Crippen LogP contribution in [0.4, 0.5) is 0 Å². The first-order valence-electron chi connectivity index (χ1n) is 8.18. The maximum absolute atomic E-state index is 4.19. The molecule has 0 radical (unpaired) electrons. The molecule has 1 atom stereocenters. The SMILES string of the molecule is CCCCC(Cn1ccnc1)c1cccc(C)c1C(C)C. The fourth-order valence-electron chi connectivity index (χ4n) is 3.29. The molecule has 2 rings (SSSR count). The maximum atomic E-state index is 4.19. The van der Waals surface area contributed by atoms with Crippen molar-refractivity contribution in [3.05, 3.63) is 53.6 Å². The van der Waals surface area contributed by atoms with Gasteiger partial charge in [0.25, 0.3) is 0 Å². The fraction of sp³-hybridized carbons (Fsp3) is 0.526. The number of hydrogen-bond donors (Lipinski definition) is 0. The molecule has 1 unspecified atom stereocenters. The van der Waals surface area contributed by atoms with Crippen molar-refractivity contribution in [2.24, 2.45) is 0 Å². The number of rotatable bonds is 7. The molecular weight excluding hydrogens is 256 g/mol. The predicted molar refractivity (Wildman–Crippen MR) is 89.8 cm³/mol.